The Morgan fingerprint density at radius 2 is 1.84 bits per heavy atom. The molecular weight excluding hydrogens is 433 g/mol. The number of alkyl halides is 3. The normalized spacial score (nSPS) is 14.2. The monoisotopic (exact) mass is 448 g/mol. The van der Waals surface area contributed by atoms with Crippen molar-refractivity contribution >= 4 is 34.8 Å². The molecule has 0 unspecified atom stereocenters. The van der Waals surface area contributed by atoms with Crippen LogP contribution in [0.1, 0.15) is 28.9 Å². The van der Waals surface area contributed by atoms with E-state index >= 15 is 0 Å². The number of carbonyl (C=O) groups excluding carboxylic acids is 2. The first-order valence-electron chi connectivity index (χ1n) is 9.37. The molecule has 2 heterocycles. The average Bonchev–Trinajstić information content (AvgIpc) is 3.37. The van der Waals surface area contributed by atoms with Gasteiger partial charge in [0.15, 0.2) is 0 Å². The van der Waals surface area contributed by atoms with E-state index in [4.69, 9.17) is 11.6 Å². The lowest BCUT2D eigenvalue weighted by Crippen LogP contribution is -2.27. The highest BCUT2D eigenvalue weighted by atomic mass is 35.5. The maximum Gasteiger partial charge on any atom is 0.433 e. The highest BCUT2D eigenvalue weighted by Crippen LogP contribution is 2.31. The highest BCUT2D eigenvalue weighted by molar-refractivity contribution is 6.31. The maximum absolute atomic E-state index is 13.1. The van der Waals surface area contributed by atoms with Crippen molar-refractivity contribution in [2.45, 2.75) is 19.0 Å². The number of amides is 2. The molecule has 4 rings (SSSR count). The van der Waals surface area contributed by atoms with Gasteiger partial charge in [-0.1, -0.05) is 11.6 Å². The third kappa shape index (κ3) is 4.27. The van der Waals surface area contributed by atoms with Crippen molar-refractivity contribution in [3.05, 3.63) is 71.0 Å². The minimum atomic E-state index is -4.54. The summed E-state index contributed by atoms with van der Waals surface area (Å²) >= 11 is 6.06. The molecule has 1 saturated heterocycles. The lowest BCUT2D eigenvalue weighted by atomic mass is 10.1. The number of rotatable bonds is 4. The summed E-state index contributed by atoms with van der Waals surface area (Å²) in [7, 11) is 0. The molecule has 10 heteroatoms. The summed E-state index contributed by atoms with van der Waals surface area (Å²) in [5, 5.41) is 6.82. The second-order valence-electron chi connectivity index (χ2n) is 6.94. The fourth-order valence-electron chi connectivity index (χ4n) is 3.43. The third-order valence-electron chi connectivity index (χ3n) is 4.87. The highest BCUT2D eigenvalue weighted by Gasteiger charge is 2.35. The molecule has 1 N–H and O–H groups in total. The zero-order valence-corrected chi connectivity index (χ0v) is 16.7. The fraction of sp³-hybridized carbons (Fsp3) is 0.190. The van der Waals surface area contributed by atoms with Crippen molar-refractivity contribution in [2.75, 3.05) is 16.8 Å². The van der Waals surface area contributed by atoms with Gasteiger partial charge in [-0.15, -0.1) is 0 Å². The summed E-state index contributed by atoms with van der Waals surface area (Å²) in [4.78, 5) is 26.5. The number of carbonyl (C=O) groups is 2. The smallest absolute Gasteiger partial charge is 0.322 e. The average molecular weight is 449 g/mol. The predicted octanol–water partition coefficient (Wildman–Crippen LogP) is 4.92. The van der Waals surface area contributed by atoms with Gasteiger partial charge in [0.2, 0.25) is 5.91 Å². The van der Waals surface area contributed by atoms with Gasteiger partial charge in [0, 0.05) is 23.7 Å². The number of hydrogen-bond donors (Lipinski definition) is 1. The first-order chi connectivity index (χ1) is 14.7. The summed E-state index contributed by atoms with van der Waals surface area (Å²) in [5.41, 5.74) is 0.379. The van der Waals surface area contributed by atoms with Gasteiger partial charge in [-0.05, 0) is 55.0 Å². The molecule has 1 aliphatic heterocycles. The van der Waals surface area contributed by atoms with Crippen LogP contribution in [0.2, 0.25) is 5.02 Å². The van der Waals surface area contributed by atoms with Crippen LogP contribution in [-0.4, -0.2) is 28.1 Å². The molecule has 1 aliphatic rings. The van der Waals surface area contributed by atoms with Crippen molar-refractivity contribution in [1.29, 1.82) is 0 Å². The standard InChI is InChI=1S/C21H16ClF3N4O2/c22-13-3-8-16(17(12-13)28-11-1-2-19(28)30)20(31)27-14-4-6-15(7-5-14)29-18(9-10-26-29)21(23,24)25/h3-10,12H,1-2,11H2,(H,27,31). The van der Waals surface area contributed by atoms with E-state index < -0.39 is 17.8 Å². The Morgan fingerprint density at radius 1 is 1.10 bits per heavy atom. The van der Waals surface area contributed by atoms with E-state index in [0.29, 0.717) is 35.8 Å². The van der Waals surface area contributed by atoms with E-state index in [-0.39, 0.29) is 17.2 Å². The Labute approximate surface area is 180 Å². The third-order valence-corrected chi connectivity index (χ3v) is 5.11. The number of nitrogens with zero attached hydrogens (tertiary/aromatic N) is 3. The molecular formula is C21H16ClF3N4O2. The van der Waals surface area contributed by atoms with Crippen molar-refractivity contribution in [2.24, 2.45) is 0 Å². The zero-order valence-electron chi connectivity index (χ0n) is 16.0. The number of benzene rings is 2. The van der Waals surface area contributed by atoms with E-state index in [1.807, 2.05) is 0 Å². The van der Waals surface area contributed by atoms with Gasteiger partial charge in [0.1, 0.15) is 5.69 Å². The van der Waals surface area contributed by atoms with Crippen molar-refractivity contribution < 1.29 is 22.8 Å². The molecule has 6 nitrogen and oxygen atoms in total. The Balaban J connectivity index is 1.57. The molecule has 3 aromatic rings. The predicted molar refractivity (Wildman–Crippen MR) is 110 cm³/mol. The Morgan fingerprint density at radius 3 is 2.48 bits per heavy atom. The number of anilines is 2. The van der Waals surface area contributed by atoms with Crippen LogP contribution in [-0.2, 0) is 11.0 Å². The van der Waals surface area contributed by atoms with Crippen molar-refractivity contribution in [3.8, 4) is 5.69 Å². The van der Waals surface area contributed by atoms with Crippen LogP contribution in [0.4, 0.5) is 24.5 Å². The van der Waals surface area contributed by atoms with Gasteiger partial charge in [-0.3, -0.25) is 9.59 Å². The first-order valence-corrected chi connectivity index (χ1v) is 9.75. The molecule has 1 fully saturated rings. The number of hydrogen-bond acceptors (Lipinski definition) is 3. The molecule has 0 atom stereocenters. The van der Waals surface area contributed by atoms with E-state index in [0.717, 1.165) is 16.9 Å². The lowest BCUT2D eigenvalue weighted by Gasteiger charge is -2.20. The topological polar surface area (TPSA) is 67.2 Å². The van der Waals surface area contributed by atoms with Crippen LogP contribution >= 0.6 is 11.6 Å². The summed E-state index contributed by atoms with van der Waals surface area (Å²) < 4.78 is 40.0. The van der Waals surface area contributed by atoms with E-state index in [9.17, 15) is 22.8 Å². The van der Waals surface area contributed by atoms with Crippen molar-refractivity contribution in [3.63, 3.8) is 0 Å². The molecule has 0 radical (unpaired) electrons. The summed E-state index contributed by atoms with van der Waals surface area (Å²) in [6, 6.07) is 11.3. The molecule has 31 heavy (non-hydrogen) atoms. The number of aromatic nitrogens is 2. The molecule has 0 aliphatic carbocycles. The molecule has 0 spiro atoms. The van der Waals surface area contributed by atoms with Gasteiger partial charge < -0.3 is 10.2 Å². The van der Waals surface area contributed by atoms with Gasteiger partial charge in [-0.25, -0.2) is 4.68 Å². The molecule has 0 bridgehead atoms. The molecule has 1 aromatic heterocycles. The van der Waals surface area contributed by atoms with Crippen molar-refractivity contribution in [1.82, 2.24) is 9.78 Å². The number of halogens is 4. The van der Waals surface area contributed by atoms with Crippen LogP contribution in [0, 0.1) is 0 Å². The zero-order chi connectivity index (χ0) is 22.2. The quantitative estimate of drug-likeness (QED) is 0.615. The second-order valence-corrected chi connectivity index (χ2v) is 7.37. The van der Waals surface area contributed by atoms with Gasteiger partial charge in [0.25, 0.3) is 5.91 Å². The van der Waals surface area contributed by atoms with Gasteiger partial charge in [0.05, 0.1) is 23.1 Å². The summed E-state index contributed by atoms with van der Waals surface area (Å²) in [6.45, 7) is 0.500. The van der Waals surface area contributed by atoms with Gasteiger partial charge >= 0.3 is 6.18 Å². The largest absolute Gasteiger partial charge is 0.433 e. The minimum Gasteiger partial charge on any atom is -0.322 e. The van der Waals surface area contributed by atoms with E-state index in [1.54, 1.807) is 12.1 Å². The lowest BCUT2D eigenvalue weighted by molar-refractivity contribution is -0.142. The Hall–Kier alpha value is -3.33. The SMILES string of the molecule is O=C(Nc1ccc(-n2nccc2C(F)(F)F)cc1)c1ccc(Cl)cc1N1CCCC1=O. The second kappa shape index (κ2) is 8.07. The fourth-order valence-corrected chi connectivity index (χ4v) is 3.60. The molecule has 0 saturated carbocycles. The molecule has 160 valence electrons. The van der Waals surface area contributed by atoms with Crippen LogP contribution in [0.15, 0.2) is 54.7 Å². The number of nitrogens with one attached hydrogen (secondary N) is 1. The van der Waals surface area contributed by atoms with Crippen LogP contribution < -0.4 is 10.2 Å². The molecule has 2 amide bonds. The van der Waals surface area contributed by atoms with Crippen LogP contribution in [0.25, 0.3) is 5.69 Å². The van der Waals surface area contributed by atoms with Crippen LogP contribution in [0.5, 0.6) is 0 Å². The Kier molecular flexibility index (Phi) is 5.45. The minimum absolute atomic E-state index is 0.0830. The van der Waals surface area contributed by atoms with Crippen LogP contribution in [0.3, 0.4) is 0 Å². The summed E-state index contributed by atoms with van der Waals surface area (Å²) in [5.74, 6) is -0.547. The summed E-state index contributed by atoms with van der Waals surface area (Å²) in [6.07, 6.45) is -2.37. The first kappa shape index (κ1) is 20.9. The van der Waals surface area contributed by atoms with E-state index in [1.165, 1.54) is 35.2 Å². The maximum atomic E-state index is 13.1. The van der Waals surface area contributed by atoms with Gasteiger partial charge in [-0.2, -0.15) is 18.3 Å². The molecule has 2 aromatic carbocycles. The van der Waals surface area contributed by atoms with E-state index in [2.05, 4.69) is 10.4 Å². The Bertz CT molecular complexity index is 1140.